The second-order valence-electron chi connectivity index (χ2n) is 3.46. The molecule has 0 bridgehead atoms. The Morgan fingerprint density at radius 1 is 1.23 bits per heavy atom. The van der Waals surface area contributed by atoms with E-state index < -0.39 is 6.29 Å². The fraction of sp³-hybridized carbons (Fsp3) is 0.455. The lowest BCUT2D eigenvalue weighted by Gasteiger charge is -2.26. The molecule has 2 heteroatoms. The van der Waals surface area contributed by atoms with Crippen molar-refractivity contribution in [2.45, 2.75) is 25.0 Å². The van der Waals surface area contributed by atoms with Crippen LogP contribution in [0.4, 0.5) is 0 Å². The molecule has 0 aromatic heterocycles. The molecule has 1 aliphatic heterocycles. The summed E-state index contributed by atoms with van der Waals surface area (Å²) in [6.45, 7) is 0.667. The van der Waals surface area contributed by atoms with Crippen LogP contribution in [0, 0.1) is 0 Å². The molecule has 13 heavy (non-hydrogen) atoms. The predicted octanol–water partition coefficient (Wildman–Crippen LogP) is 1.90. The minimum absolute atomic E-state index is 0.463. The lowest BCUT2D eigenvalue weighted by Crippen LogP contribution is -2.23. The van der Waals surface area contributed by atoms with Crippen molar-refractivity contribution in [3.05, 3.63) is 35.9 Å². The van der Waals surface area contributed by atoms with E-state index >= 15 is 0 Å². The van der Waals surface area contributed by atoms with Crippen LogP contribution in [0.15, 0.2) is 30.3 Å². The maximum absolute atomic E-state index is 9.32. The standard InChI is InChI=1S/C11H14O2/c12-11-8-10(6-7-13-11)9-4-2-1-3-5-9/h1-5,10-12H,6-8H2. The summed E-state index contributed by atoms with van der Waals surface area (Å²) in [6.07, 6.45) is 1.17. The van der Waals surface area contributed by atoms with Gasteiger partial charge in [0.1, 0.15) is 0 Å². The van der Waals surface area contributed by atoms with Gasteiger partial charge >= 0.3 is 0 Å². The van der Waals surface area contributed by atoms with Gasteiger partial charge in [-0.3, -0.25) is 0 Å². The van der Waals surface area contributed by atoms with Crippen LogP contribution in [-0.4, -0.2) is 18.0 Å². The Hall–Kier alpha value is -0.860. The highest BCUT2D eigenvalue weighted by molar-refractivity contribution is 5.19. The first-order chi connectivity index (χ1) is 6.36. The third-order valence-electron chi connectivity index (χ3n) is 2.53. The minimum atomic E-state index is -0.570. The van der Waals surface area contributed by atoms with Gasteiger partial charge in [0.25, 0.3) is 0 Å². The van der Waals surface area contributed by atoms with Crippen LogP contribution in [0.1, 0.15) is 24.3 Å². The molecule has 0 amide bonds. The average Bonchev–Trinajstić information content (AvgIpc) is 2.19. The topological polar surface area (TPSA) is 29.5 Å². The number of hydrogen-bond acceptors (Lipinski definition) is 2. The summed E-state index contributed by atoms with van der Waals surface area (Å²) in [7, 11) is 0. The summed E-state index contributed by atoms with van der Waals surface area (Å²) in [4.78, 5) is 0. The molecule has 2 nitrogen and oxygen atoms in total. The van der Waals surface area contributed by atoms with Crippen molar-refractivity contribution in [2.75, 3.05) is 6.61 Å². The van der Waals surface area contributed by atoms with Crippen LogP contribution >= 0.6 is 0 Å². The van der Waals surface area contributed by atoms with Gasteiger partial charge in [-0.15, -0.1) is 0 Å². The van der Waals surface area contributed by atoms with Gasteiger partial charge in [-0.2, -0.15) is 0 Å². The van der Waals surface area contributed by atoms with Crippen LogP contribution in [0.5, 0.6) is 0 Å². The lowest BCUT2D eigenvalue weighted by atomic mass is 9.91. The van der Waals surface area contributed by atoms with Crippen LogP contribution in [0.25, 0.3) is 0 Å². The summed E-state index contributed by atoms with van der Waals surface area (Å²) in [5.41, 5.74) is 1.31. The maximum Gasteiger partial charge on any atom is 0.155 e. The van der Waals surface area contributed by atoms with Gasteiger partial charge in [-0.1, -0.05) is 30.3 Å². The second kappa shape index (κ2) is 3.90. The van der Waals surface area contributed by atoms with Gasteiger partial charge in [0.05, 0.1) is 6.61 Å². The Morgan fingerprint density at radius 2 is 2.00 bits per heavy atom. The molecule has 0 saturated carbocycles. The SMILES string of the molecule is OC1CC(c2ccccc2)CCO1. The first kappa shape index (κ1) is 8.73. The Bertz CT molecular complexity index is 258. The van der Waals surface area contributed by atoms with Crippen molar-refractivity contribution < 1.29 is 9.84 Å². The summed E-state index contributed by atoms with van der Waals surface area (Å²) in [6, 6.07) is 10.3. The molecule has 1 fully saturated rings. The molecule has 1 aliphatic rings. The number of rotatable bonds is 1. The summed E-state index contributed by atoms with van der Waals surface area (Å²) in [5.74, 6) is 0.463. The van der Waals surface area contributed by atoms with Gasteiger partial charge in [0.2, 0.25) is 0 Å². The number of aliphatic hydroxyl groups is 1. The van der Waals surface area contributed by atoms with Crippen LogP contribution < -0.4 is 0 Å². The molecule has 1 saturated heterocycles. The average molecular weight is 178 g/mol. The van der Waals surface area contributed by atoms with Crippen molar-refractivity contribution in [2.24, 2.45) is 0 Å². The Kier molecular flexibility index (Phi) is 2.62. The van der Waals surface area contributed by atoms with E-state index in [1.54, 1.807) is 0 Å². The molecule has 70 valence electrons. The van der Waals surface area contributed by atoms with E-state index in [-0.39, 0.29) is 0 Å². The highest BCUT2D eigenvalue weighted by Gasteiger charge is 2.21. The van der Waals surface area contributed by atoms with E-state index in [1.165, 1.54) is 5.56 Å². The highest BCUT2D eigenvalue weighted by Crippen LogP contribution is 2.28. The second-order valence-corrected chi connectivity index (χ2v) is 3.46. The molecule has 0 aliphatic carbocycles. The van der Waals surface area contributed by atoms with Crippen molar-refractivity contribution >= 4 is 0 Å². The number of ether oxygens (including phenoxy) is 1. The molecule has 1 N–H and O–H groups in total. The van der Waals surface area contributed by atoms with E-state index in [0.29, 0.717) is 12.5 Å². The monoisotopic (exact) mass is 178 g/mol. The van der Waals surface area contributed by atoms with E-state index in [4.69, 9.17) is 4.74 Å². The molecule has 2 unspecified atom stereocenters. The Balaban J connectivity index is 2.08. The van der Waals surface area contributed by atoms with Crippen molar-refractivity contribution in [3.8, 4) is 0 Å². The fourth-order valence-corrected chi connectivity index (χ4v) is 1.80. The van der Waals surface area contributed by atoms with Crippen LogP contribution in [-0.2, 0) is 4.74 Å². The lowest BCUT2D eigenvalue weighted by molar-refractivity contribution is -0.129. The molecular weight excluding hydrogens is 164 g/mol. The van der Waals surface area contributed by atoms with Crippen LogP contribution in [0.2, 0.25) is 0 Å². The zero-order chi connectivity index (χ0) is 9.10. The minimum Gasteiger partial charge on any atom is -0.368 e. The van der Waals surface area contributed by atoms with E-state index in [2.05, 4.69) is 12.1 Å². The molecule has 1 heterocycles. The fourth-order valence-electron chi connectivity index (χ4n) is 1.80. The smallest absolute Gasteiger partial charge is 0.155 e. The zero-order valence-corrected chi connectivity index (χ0v) is 7.52. The van der Waals surface area contributed by atoms with Crippen molar-refractivity contribution in [1.82, 2.24) is 0 Å². The van der Waals surface area contributed by atoms with Gasteiger partial charge < -0.3 is 9.84 Å². The first-order valence-corrected chi connectivity index (χ1v) is 4.71. The van der Waals surface area contributed by atoms with Crippen molar-refractivity contribution in [1.29, 1.82) is 0 Å². The largest absolute Gasteiger partial charge is 0.368 e. The first-order valence-electron chi connectivity index (χ1n) is 4.71. The summed E-state index contributed by atoms with van der Waals surface area (Å²) in [5, 5.41) is 9.32. The number of hydrogen-bond donors (Lipinski definition) is 1. The van der Waals surface area contributed by atoms with Crippen LogP contribution in [0.3, 0.4) is 0 Å². The van der Waals surface area contributed by atoms with E-state index in [0.717, 1.165) is 12.8 Å². The molecule has 0 spiro atoms. The third-order valence-corrected chi connectivity index (χ3v) is 2.53. The molecule has 1 aromatic carbocycles. The molecule has 2 rings (SSSR count). The van der Waals surface area contributed by atoms with Crippen molar-refractivity contribution in [3.63, 3.8) is 0 Å². The Morgan fingerprint density at radius 3 is 2.69 bits per heavy atom. The quantitative estimate of drug-likeness (QED) is 0.711. The van der Waals surface area contributed by atoms with Gasteiger partial charge in [-0.05, 0) is 17.9 Å². The molecule has 0 radical (unpaired) electrons. The molecular formula is C11H14O2. The zero-order valence-electron chi connectivity index (χ0n) is 7.52. The third kappa shape index (κ3) is 2.08. The summed E-state index contributed by atoms with van der Waals surface area (Å²) >= 11 is 0. The van der Waals surface area contributed by atoms with Gasteiger partial charge in [0, 0.05) is 6.42 Å². The molecule has 2 atom stereocenters. The highest BCUT2D eigenvalue weighted by atomic mass is 16.6. The number of benzene rings is 1. The van der Waals surface area contributed by atoms with E-state index in [9.17, 15) is 5.11 Å². The predicted molar refractivity (Wildman–Crippen MR) is 50.4 cm³/mol. The number of aliphatic hydroxyl groups excluding tert-OH is 1. The van der Waals surface area contributed by atoms with Gasteiger partial charge in [-0.25, -0.2) is 0 Å². The molecule has 1 aromatic rings. The van der Waals surface area contributed by atoms with Gasteiger partial charge in [0.15, 0.2) is 6.29 Å². The maximum atomic E-state index is 9.32. The summed E-state index contributed by atoms with van der Waals surface area (Å²) < 4.78 is 5.09. The normalized spacial score (nSPS) is 28.7. The Labute approximate surface area is 78.2 Å². The van der Waals surface area contributed by atoms with E-state index in [1.807, 2.05) is 18.2 Å².